The molecule has 0 spiro atoms. The molecule has 4 rings (SSSR count). The van der Waals surface area contributed by atoms with E-state index >= 15 is 0 Å². The highest BCUT2D eigenvalue weighted by Gasteiger charge is 2.31. The molecule has 1 amide bonds. The molecule has 0 saturated carbocycles. The van der Waals surface area contributed by atoms with Crippen molar-refractivity contribution in [2.75, 3.05) is 32.1 Å². The van der Waals surface area contributed by atoms with Crippen molar-refractivity contribution in [1.29, 1.82) is 0 Å². The summed E-state index contributed by atoms with van der Waals surface area (Å²) in [4.78, 5) is 30.5. The third kappa shape index (κ3) is 4.26. The van der Waals surface area contributed by atoms with Crippen LogP contribution in [0.3, 0.4) is 0 Å². The number of pyridine rings is 1. The molecule has 2 N–H and O–H groups in total. The summed E-state index contributed by atoms with van der Waals surface area (Å²) in [5.74, 6) is 1.54. The molecule has 164 valence electrons. The first-order valence-electron chi connectivity index (χ1n) is 9.75. The fourth-order valence-electron chi connectivity index (χ4n) is 3.60. The van der Waals surface area contributed by atoms with E-state index in [-0.39, 0.29) is 12.1 Å². The van der Waals surface area contributed by atoms with E-state index in [1.165, 1.54) is 4.90 Å². The molecule has 1 aliphatic rings. The van der Waals surface area contributed by atoms with Crippen LogP contribution in [-0.4, -0.2) is 79.6 Å². The highest BCUT2D eigenvalue weighted by atomic mass is 79.9. The van der Waals surface area contributed by atoms with Gasteiger partial charge < -0.3 is 24.8 Å². The van der Waals surface area contributed by atoms with Crippen molar-refractivity contribution in [3.63, 3.8) is 0 Å². The van der Waals surface area contributed by atoms with Crippen LogP contribution in [0.1, 0.15) is 13.3 Å². The topological polar surface area (TPSA) is 128 Å². The summed E-state index contributed by atoms with van der Waals surface area (Å²) in [5.41, 5.74) is 1.44. The fourth-order valence-corrected chi connectivity index (χ4v) is 4.13. The number of nitrogens with zero attached hydrogens (tertiary/aromatic N) is 6. The molecule has 3 aromatic heterocycles. The number of piperidine rings is 1. The second-order valence-corrected chi connectivity index (χ2v) is 7.76. The summed E-state index contributed by atoms with van der Waals surface area (Å²) in [6, 6.07) is -0.247. The average molecular weight is 492 g/mol. The monoisotopic (exact) mass is 491 g/mol. The molecule has 1 saturated heterocycles. The molecule has 3 aromatic rings. The molecular weight excluding hydrogens is 470 g/mol. The van der Waals surface area contributed by atoms with E-state index in [1.807, 2.05) is 6.92 Å². The molecule has 11 nitrogen and oxygen atoms in total. The van der Waals surface area contributed by atoms with Crippen molar-refractivity contribution in [3.05, 3.63) is 29.4 Å². The van der Waals surface area contributed by atoms with Crippen molar-refractivity contribution < 1.29 is 19.4 Å². The number of fused-ring (bicyclic) bond motifs is 1. The van der Waals surface area contributed by atoms with E-state index in [0.29, 0.717) is 53.6 Å². The molecule has 2 atom stereocenters. The smallest absolute Gasteiger partial charge is 0.407 e. The molecule has 0 aromatic carbocycles. The minimum absolute atomic E-state index is 0.132. The van der Waals surface area contributed by atoms with Gasteiger partial charge in [-0.2, -0.15) is 0 Å². The lowest BCUT2D eigenvalue weighted by molar-refractivity contribution is 0.0323. The molecule has 0 bridgehead atoms. The molecule has 1 fully saturated rings. The van der Waals surface area contributed by atoms with Crippen molar-refractivity contribution in [2.45, 2.75) is 25.5 Å². The normalized spacial score (nSPS) is 18.9. The largest absolute Gasteiger partial charge is 0.477 e. The first-order valence-corrected chi connectivity index (χ1v) is 10.5. The van der Waals surface area contributed by atoms with Crippen LogP contribution in [0.5, 0.6) is 5.88 Å². The number of rotatable bonds is 6. The number of aromatic nitrogens is 5. The van der Waals surface area contributed by atoms with Crippen LogP contribution in [0.25, 0.3) is 16.9 Å². The van der Waals surface area contributed by atoms with Gasteiger partial charge in [0.2, 0.25) is 5.88 Å². The number of nitrogens with one attached hydrogen (secondary N) is 1. The van der Waals surface area contributed by atoms with E-state index in [9.17, 15) is 9.90 Å². The maximum absolute atomic E-state index is 11.4. The molecule has 1 aliphatic heterocycles. The Balaban J connectivity index is 1.61. The van der Waals surface area contributed by atoms with Gasteiger partial charge in [-0.05, 0) is 29.3 Å². The number of halogens is 1. The van der Waals surface area contributed by atoms with Gasteiger partial charge in [-0.1, -0.05) is 0 Å². The summed E-state index contributed by atoms with van der Waals surface area (Å²) in [5, 5.41) is 12.6. The number of hydrogen-bond donors (Lipinski definition) is 2. The van der Waals surface area contributed by atoms with Gasteiger partial charge >= 0.3 is 6.09 Å². The van der Waals surface area contributed by atoms with Gasteiger partial charge in [0.05, 0.1) is 42.9 Å². The van der Waals surface area contributed by atoms with E-state index in [4.69, 9.17) is 9.47 Å². The third-order valence-corrected chi connectivity index (χ3v) is 5.82. The Morgan fingerprint density at radius 1 is 1.35 bits per heavy atom. The number of likely N-dealkylation sites (tertiary alicyclic amines) is 1. The van der Waals surface area contributed by atoms with Gasteiger partial charge in [-0.25, -0.2) is 19.7 Å². The van der Waals surface area contributed by atoms with Gasteiger partial charge in [-0.3, -0.25) is 9.55 Å². The Hall–Kier alpha value is -2.99. The zero-order valence-corrected chi connectivity index (χ0v) is 18.6. The highest BCUT2D eigenvalue weighted by Crippen LogP contribution is 2.31. The summed E-state index contributed by atoms with van der Waals surface area (Å²) >= 11 is 3.50. The van der Waals surface area contributed by atoms with Crippen LogP contribution in [0.2, 0.25) is 0 Å². The van der Waals surface area contributed by atoms with Gasteiger partial charge in [0, 0.05) is 20.2 Å². The SMILES string of the molecule is CCOc1ncc2c(ncn2-c2cncc(N[C@H]3CN(C(=O)O)CC[C@@H]3OC)n2)c1Br. The molecular formula is C19H22BrN7O4. The zero-order chi connectivity index (χ0) is 22.0. The summed E-state index contributed by atoms with van der Waals surface area (Å²) in [7, 11) is 1.62. The van der Waals surface area contributed by atoms with Gasteiger partial charge in [0.25, 0.3) is 0 Å². The Morgan fingerprint density at radius 2 is 2.19 bits per heavy atom. The predicted octanol–water partition coefficient (Wildman–Crippen LogP) is 2.55. The second kappa shape index (κ2) is 9.02. The van der Waals surface area contributed by atoms with Crippen molar-refractivity contribution in [3.8, 4) is 11.7 Å². The Labute approximate surface area is 186 Å². The average Bonchev–Trinajstić information content (AvgIpc) is 3.21. The molecule has 31 heavy (non-hydrogen) atoms. The van der Waals surface area contributed by atoms with Crippen LogP contribution in [0, 0.1) is 0 Å². The van der Waals surface area contributed by atoms with Crippen molar-refractivity contribution >= 4 is 38.9 Å². The molecule has 0 aliphatic carbocycles. The van der Waals surface area contributed by atoms with Crippen LogP contribution in [0.15, 0.2) is 29.4 Å². The molecule has 12 heteroatoms. The minimum Gasteiger partial charge on any atom is -0.477 e. The Kier molecular flexibility index (Phi) is 6.18. The van der Waals surface area contributed by atoms with Gasteiger partial charge in [0.15, 0.2) is 5.82 Å². The number of carbonyl (C=O) groups is 1. The Morgan fingerprint density at radius 3 is 2.94 bits per heavy atom. The first kappa shape index (κ1) is 21.2. The summed E-state index contributed by atoms with van der Waals surface area (Å²) < 4.78 is 13.5. The van der Waals surface area contributed by atoms with E-state index in [0.717, 1.165) is 5.52 Å². The van der Waals surface area contributed by atoms with E-state index in [1.54, 1.807) is 36.6 Å². The van der Waals surface area contributed by atoms with E-state index < -0.39 is 6.09 Å². The number of imidazole rings is 1. The molecule has 0 radical (unpaired) electrons. The van der Waals surface area contributed by atoms with Crippen molar-refractivity contribution in [1.82, 2.24) is 29.4 Å². The number of carboxylic acid groups (broad SMARTS) is 1. The second-order valence-electron chi connectivity index (χ2n) is 6.96. The quantitative estimate of drug-likeness (QED) is 0.534. The molecule has 0 unspecified atom stereocenters. The fraction of sp³-hybridized carbons (Fsp3) is 0.421. The maximum Gasteiger partial charge on any atom is 0.407 e. The maximum atomic E-state index is 11.4. The van der Waals surface area contributed by atoms with Gasteiger partial charge in [0.1, 0.15) is 22.1 Å². The van der Waals surface area contributed by atoms with Crippen LogP contribution in [0.4, 0.5) is 10.6 Å². The van der Waals surface area contributed by atoms with Crippen LogP contribution < -0.4 is 10.1 Å². The number of methoxy groups -OCH3 is 1. The summed E-state index contributed by atoms with van der Waals surface area (Å²) in [6.07, 6.45) is 6.05. The highest BCUT2D eigenvalue weighted by molar-refractivity contribution is 9.10. The number of hydrogen-bond acceptors (Lipinski definition) is 8. The standard InChI is InChI=1S/C19H22BrN7O4/c1-3-31-18-16(20)17-12(6-22-18)27(10-23-17)15-8-21-7-14(25-15)24-11-9-26(19(28)29)5-4-13(11)30-2/h6-8,10-11,13H,3-5,9H2,1-2H3,(H,24,25)(H,28,29)/t11-,13-/m0/s1. The van der Waals surface area contributed by atoms with Crippen LogP contribution in [-0.2, 0) is 4.74 Å². The minimum atomic E-state index is -0.949. The lowest BCUT2D eigenvalue weighted by atomic mass is 10.0. The van der Waals surface area contributed by atoms with Crippen molar-refractivity contribution in [2.24, 2.45) is 0 Å². The predicted molar refractivity (Wildman–Crippen MR) is 116 cm³/mol. The first-order chi connectivity index (χ1) is 15.0. The Bertz CT molecular complexity index is 1090. The van der Waals surface area contributed by atoms with Gasteiger partial charge in [-0.15, -0.1) is 0 Å². The number of amides is 1. The van der Waals surface area contributed by atoms with E-state index in [2.05, 4.69) is 41.2 Å². The van der Waals surface area contributed by atoms with Crippen LogP contribution >= 0.6 is 15.9 Å². The number of ether oxygens (including phenoxy) is 2. The zero-order valence-electron chi connectivity index (χ0n) is 17.0. The molecule has 4 heterocycles. The lowest BCUT2D eigenvalue weighted by Crippen LogP contribution is -2.52. The lowest BCUT2D eigenvalue weighted by Gasteiger charge is -2.36. The summed E-state index contributed by atoms with van der Waals surface area (Å²) in [6.45, 7) is 3.12. The third-order valence-electron chi connectivity index (χ3n) is 5.11. The number of anilines is 1.